The largest absolute Gasteiger partial charge is 0.466 e. The first-order valence-corrected chi connectivity index (χ1v) is 7.75. The van der Waals surface area contributed by atoms with Gasteiger partial charge in [-0.25, -0.2) is 0 Å². The van der Waals surface area contributed by atoms with Gasteiger partial charge in [0.05, 0.1) is 6.61 Å². The molecular formula is C13H24N2O2S. The van der Waals surface area contributed by atoms with Crippen molar-refractivity contribution in [3.05, 3.63) is 0 Å². The third-order valence-electron chi connectivity index (χ3n) is 3.31. The SMILES string of the molecule is CCOC(=O)CCCN=C1NC(CC)(CC)CS1. The number of carbonyl (C=O) groups excluding carboxylic acids is 1. The van der Waals surface area contributed by atoms with Crippen molar-refractivity contribution < 1.29 is 9.53 Å². The Morgan fingerprint density at radius 2 is 2.17 bits per heavy atom. The highest BCUT2D eigenvalue weighted by Crippen LogP contribution is 2.28. The number of esters is 1. The average molecular weight is 272 g/mol. The average Bonchev–Trinajstić information content (AvgIpc) is 2.79. The van der Waals surface area contributed by atoms with Crippen LogP contribution in [-0.2, 0) is 9.53 Å². The van der Waals surface area contributed by atoms with Crippen molar-refractivity contribution in [1.29, 1.82) is 0 Å². The van der Waals surface area contributed by atoms with Gasteiger partial charge in [-0.2, -0.15) is 0 Å². The van der Waals surface area contributed by atoms with Crippen LogP contribution in [0.4, 0.5) is 0 Å². The van der Waals surface area contributed by atoms with Crippen molar-refractivity contribution >= 4 is 22.9 Å². The van der Waals surface area contributed by atoms with Gasteiger partial charge in [-0.1, -0.05) is 25.6 Å². The van der Waals surface area contributed by atoms with E-state index in [0.29, 0.717) is 19.6 Å². The zero-order chi connectivity index (χ0) is 13.4. The lowest BCUT2D eigenvalue weighted by molar-refractivity contribution is -0.143. The van der Waals surface area contributed by atoms with Gasteiger partial charge in [-0.15, -0.1) is 0 Å². The van der Waals surface area contributed by atoms with E-state index in [0.717, 1.165) is 30.2 Å². The maximum atomic E-state index is 11.1. The zero-order valence-corrected chi connectivity index (χ0v) is 12.4. The third kappa shape index (κ3) is 4.52. The summed E-state index contributed by atoms with van der Waals surface area (Å²) in [5, 5.41) is 4.54. The number of hydrogen-bond acceptors (Lipinski definition) is 4. The molecule has 1 saturated heterocycles. The smallest absolute Gasteiger partial charge is 0.305 e. The van der Waals surface area contributed by atoms with Gasteiger partial charge in [-0.3, -0.25) is 9.79 Å². The van der Waals surface area contributed by atoms with Gasteiger partial charge in [0.15, 0.2) is 5.17 Å². The molecule has 0 aromatic heterocycles. The molecule has 0 unspecified atom stereocenters. The zero-order valence-electron chi connectivity index (χ0n) is 11.6. The Morgan fingerprint density at radius 1 is 1.44 bits per heavy atom. The highest BCUT2D eigenvalue weighted by atomic mass is 32.2. The predicted octanol–water partition coefficient (Wildman–Crippen LogP) is 2.58. The van der Waals surface area contributed by atoms with Crippen molar-refractivity contribution in [2.24, 2.45) is 4.99 Å². The maximum Gasteiger partial charge on any atom is 0.305 e. The predicted molar refractivity (Wildman–Crippen MR) is 77.1 cm³/mol. The van der Waals surface area contributed by atoms with Crippen LogP contribution >= 0.6 is 11.8 Å². The summed E-state index contributed by atoms with van der Waals surface area (Å²) in [5.41, 5.74) is 0.227. The number of nitrogens with one attached hydrogen (secondary N) is 1. The number of rotatable bonds is 7. The van der Waals surface area contributed by atoms with Gasteiger partial charge < -0.3 is 10.1 Å². The second-order valence-corrected chi connectivity index (χ2v) is 5.46. The first-order chi connectivity index (χ1) is 8.65. The molecule has 4 nitrogen and oxygen atoms in total. The number of nitrogens with zero attached hydrogens (tertiary/aromatic N) is 1. The minimum absolute atomic E-state index is 0.124. The lowest BCUT2D eigenvalue weighted by atomic mass is 9.96. The Labute approximate surface area is 114 Å². The van der Waals surface area contributed by atoms with Crippen LogP contribution in [-0.4, -0.2) is 35.6 Å². The molecule has 0 aromatic carbocycles. The molecule has 0 atom stereocenters. The van der Waals surface area contributed by atoms with Crippen molar-refractivity contribution in [3.63, 3.8) is 0 Å². The van der Waals surface area contributed by atoms with E-state index in [9.17, 15) is 4.79 Å². The molecule has 0 aliphatic carbocycles. The quantitative estimate of drug-likeness (QED) is 0.571. The van der Waals surface area contributed by atoms with Crippen molar-refractivity contribution in [1.82, 2.24) is 5.32 Å². The van der Waals surface area contributed by atoms with E-state index in [2.05, 4.69) is 24.2 Å². The lowest BCUT2D eigenvalue weighted by Crippen LogP contribution is -2.42. The first kappa shape index (κ1) is 15.3. The normalized spacial score (nSPS) is 19.8. The van der Waals surface area contributed by atoms with E-state index in [4.69, 9.17) is 4.74 Å². The van der Waals surface area contributed by atoms with Gasteiger partial charge in [-0.05, 0) is 26.2 Å². The molecular weight excluding hydrogens is 248 g/mol. The summed E-state index contributed by atoms with van der Waals surface area (Å²) in [6, 6.07) is 0. The van der Waals surface area contributed by atoms with Crippen LogP contribution in [0, 0.1) is 0 Å². The van der Waals surface area contributed by atoms with Gasteiger partial charge in [0, 0.05) is 24.3 Å². The number of amidine groups is 1. The van der Waals surface area contributed by atoms with Gasteiger partial charge in [0.25, 0.3) is 0 Å². The van der Waals surface area contributed by atoms with Crippen LogP contribution in [0.25, 0.3) is 0 Å². The van der Waals surface area contributed by atoms with Crippen LogP contribution in [0.15, 0.2) is 4.99 Å². The number of hydrogen-bond donors (Lipinski definition) is 1. The fourth-order valence-electron chi connectivity index (χ4n) is 1.86. The van der Waals surface area contributed by atoms with E-state index in [-0.39, 0.29) is 11.5 Å². The Morgan fingerprint density at radius 3 is 2.72 bits per heavy atom. The molecule has 0 spiro atoms. The monoisotopic (exact) mass is 272 g/mol. The summed E-state index contributed by atoms with van der Waals surface area (Å²) < 4.78 is 4.87. The molecule has 1 aliphatic heterocycles. The van der Waals surface area contributed by atoms with E-state index in [1.165, 1.54) is 0 Å². The van der Waals surface area contributed by atoms with E-state index >= 15 is 0 Å². The van der Waals surface area contributed by atoms with Crippen LogP contribution in [0.2, 0.25) is 0 Å². The topological polar surface area (TPSA) is 50.7 Å². The molecule has 1 N–H and O–H groups in total. The van der Waals surface area contributed by atoms with Crippen LogP contribution in [0.5, 0.6) is 0 Å². The standard InChI is InChI=1S/C13H24N2O2S/c1-4-13(5-2)10-18-12(15-13)14-9-7-8-11(16)17-6-3/h4-10H2,1-3H3,(H,14,15). The van der Waals surface area contributed by atoms with E-state index in [1.807, 2.05) is 6.92 Å². The summed E-state index contributed by atoms with van der Waals surface area (Å²) >= 11 is 1.79. The summed E-state index contributed by atoms with van der Waals surface area (Å²) in [6.07, 6.45) is 3.47. The molecule has 0 aromatic rings. The number of carbonyl (C=O) groups is 1. The first-order valence-electron chi connectivity index (χ1n) is 6.77. The van der Waals surface area contributed by atoms with Crippen molar-refractivity contribution in [2.45, 2.75) is 52.0 Å². The fraction of sp³-hybridized carbons (Fsp3) is 0.846. The summed E-state index contributed by atoms with van der Waals surface area (Å²) in [5.74, 6) is 0.970. The molecule has 104 valence electrons. The Hall–Kier alpha value is -0.710. The number of aliphatic imine (C=N–C) groups is 1. The van der Waals surface area contributed by atoms with Gasteiger partial charge in [0.2, 0.25) is 0 Å². The van der Waals surface area contributed by atoms with Crippen LogP contribution in [0.3, 0.4) is 0 Å². The highest BCUT2D eigenvalue weighted by Gasteiger charge is 2.33. The minimum atomic E-state index is -0.124. The summed E-state index contributed by atoms with van der Waals surface area (Å²) in [4.78, 5) is 15.7. The van der Waals surface area contributed by atoms with Crippen molar-refractivity contribution in [2.75, 3.05) is 18.9 Å². The molecule has 0 bridgehead atoms. The molecule has 1 aliphatic rings. The van der Waals surface area contributed by atoms with Gasteiger partial charge >= 0.3 is 5.97 Å². The maximum absolute atomic E-state index is 11.1. The number of ether oxygens (including phenoxy) is 1. The molecule has 1 fully saturated rings. The lowest BCUT2D eigenvalue weighted by Gasteiger charge is -2.25. The van der Waals surface area contributed by atoms with Crippen LogP contribution in [0.1, 0.15) is 46.5 Å². The van der Waals surface area contributed by atoms with Crippen molar-refractivity contribution in [3.8, 4) is 0 Å². The molecule has 5 heteroatoms. The minimum Gasteiger partial charge on any atom is -0.466 e. The Kier molecular flexibility index (Phi) is 6.54. The number of thioether (sulfide) groups is 1. The van der Waals surface area contributed by atoms with E-state index in [1.54, 1.807) is 11.8 Å². The second-order valence-electron chi connectivity index (χ2n) is 4.50. The Bertz CT molecular complexity index is 301. The molecule has 18 heavy (non-hydrogen) atoms. The summed E-state index contributed by atoms with van der Waals surface area (Å²) in [6.45, 7) is 7.39. The second kappa shape index (κ2) is 7.67. The third-order valence-corrected chi connectivity index (χ3v) is 4.51. The molecule has 1 rings (SSSR count). The summed E-state index contributed by atoms with van der Waals surface area (Å²) in [7, 11) is 0. The molecule has 1 heterocycles. The molecule has 0 radical (unpaired) electrons. The fourth-order valence-corrected chi connectivity index (χ4v) is 3.22. The molecule has 0 amide bonds. The van der Waals surface area contributed by atoms with Gasteiger partial charge in [0.1, 0.15) is 0 Å². The van der Waals surface area contributed by atoms with Crippen LogP contribution < -0.4 is 5.32 Å². The van der Waals surface area contributed by atoms with E-state index < -0.39 is 0 Å². The molecule has 0 saturated carbocycles. The Balaban J connectivity index is 2.26. The highest BCUT2D eigenvalue weighted by molar-refractivity contribution is 8.14.